The molecule has 116 valence electrons. The van der Waals surface area contributed by atoms with Gasteiger partial charge in [-0.15, -0.1) is 0 Å². The van der Waals surface area contributed by atoms with Gasteiger partial charge < -0.3 is 15.4 Å². The molecular weight excluding hydrogens is 252 g/mol. The van der Waals surface area contributed by atoms with Crippen molar-refractivity contribution < 1.29 is 9.53 Å². The number of rotatable bonds is 9. The number of ether oxygens (including phenoxy) is 1. The zero-order chi connectivity index (χ0) is 14.6. The van der Waals surface area contributed by atoms with Gasteiger partial charge in [-0.2, -0.15) is 0 Å². The number of nitrogens with one attached hydrogen (secondary N) is 2. The molecule has 0 bridgehead atoms. The molecule has 0 aliphatic heterocycles. The van der Waals surface area contributed by atoms with E-state index in [0.29, 0.717) is 12.6 Å². The average Bonchev–Trinajstić information content (AvgIpc) is 3.21. The predicted molar refractivity (Wildman–Crippen MR) is 80.6 cm³/mol. The summed E-state index contributed by atoms with van der Waals surface area (Å²) in [6.07, 6.45) is 6.17. The number of amides is 1. The fourth-order valence-electron chi connectivity index (χ4n) is 2.74. The van der Waals surface area contributed by atoms with Gasteiger partial charge in [0, 0.05) is 18.1 Å². The van der Waals surface area contributed by atoms with E-state index in [1.165, 1.54) is 19.3 Å². The minimum atomic E-state index is 0.0555. The van der Waals surface area contributed by atoms with Gasteiger partial charge in [0.05, 0.1) is 12.6 Å². The van der Waals surface area contributed by atoms with Gasteiger partial charge in [0.2, 0.25) is 5.91 Å². The van der Waals surface area contributed by atoms with Crippen molar-refractivity contribution in [3.63, 3.8) is 0 Å². The lowest BCUT2D eigenvalue weighted by Crippen LogP contribution is -2.62. The van der Waals surface area contributed by atoms with Gasteiger partial charge in [0.15, 0.2) is 0 Å². The van der Waals surface area contributed by atoms with Gasteiger partial charge in [-0.3, -0.25) is 4.79 Å². The molecule has 0 heterocycles. The molecule has 2 atom stereocenters. The molecular formula is C16H30N2O2. The monoisotopic (exact) mass is 282 g/mol. The van der Waals surface area contributed by atoms with E-state index in [1.54, 1.807) is 0 Å². The van der Waals surface area contributed by atoms with Crippen molar-refractivity contribution >= 4 is 5.91 Å². The molecule has 2 N–H and O–H groups in total. The molecule has 2 aliphatic rings. The van der Waals surface area contributed by atoms with Crippen molar-refractivity contribution in [1.82, 2.24) is 10.6 Å². The Morgan fingerprint density at radius 2 is 2.10 bits per heavy atom. The highest BCUT2D eigenvalue weighted by molar-refractivity contribution is 5.78. The Hall–Kier alpha value is -0.610. The van der Waals surface area contributed by atoms with Gasteiger partial charge in [0.25, 0.3) is 0 Å². The highest BCUT2D eigenvalue weighted by Crippen LogP contribution is 2.42. The molecule has 0 spiro atoms. The SMILES string of the molecule is CCCCOC1CC(NC(=O)CNCC2CC2)C1(C)C. The Balaban J connectivity index is 1.62. The summed E-state index contributed by atoms with van der Waals surface area (Å²) in [7, 11) is 0. The zero-order valence-electron chi connectivity index (χ0n) is 13.2. The molecule has 0 aromatic rings. The number of carbonyl (C=O) groups is 1. The second kappa shape index (κ2) is 6.90. The van der Waals surface area contributed by atoms with E-state index >= 15 is 0 Å². The normalized spacial score (nSPS) is 27.9. The Morgan fingerprint density at radius 3 is 2.70 bits per heavy atom. The summed E-state index contributed by atoms with van der Waals surface area (Å²) in [6.45, 7) is 8.83. The van der Waals surface area contributed by atoms with Crippen LogP contribution >= 0.6 is 0 Å². The van der Waals surface area contributed by atoms with Crippen LogP contribution in [0.3, 0.4) is 0 Å². The fourth-order valence-corrected chi connectivity index (χ4v) is 2.74. The topological polar surface area (TPSA) is 50.4 Å². The molecule has 2 fully saturated rings. The number of unbranched alkanes of at least 4 members (excludes halogenated alkanes) is 1. The lowest BCUT2D eigenvalue weighted by molar-refractivity contribution is -0.137. The average molecular weight is 282 g/mol. The summed E-state index contributed by atoms with van der Waals surface area (Å²) in [4.78, 5) is 11.9. The van der Waals surface area contributed by atoms with Crippen molar-refractivity contribution in [2.75, 3.05) is 19.7 Å². The molecule has 4 nitrogen and oxygen atoms in total. The lowest BCUT2D eigenvalue weighted by Gasteiger charge is -2.51. The van der Waals surface area contributed by atoms with E-state index in [4.69, 9.17) is 4.74 Å². The van der Waals surface area contributed by atoms with Crippen LogP contribution in [0.4, 0.5) is 0 Å². The molecule has 0 aromatic heterocycles. The minimum absolute atomic E-state index is 0.0555. The zero-order valence-corrected chi connectivity index (χ0v) is 13.2. The highest BCUT2D eigenvalue weighted by Gasteiger charge is 2.49. The molecule has 2 rings (SSSR count). The third-order valence-corrected chi connectivity index (χ3v) is 4.75. The van der Waals surface area contributed by atoms with Crippen LogP contribution in [-0.2, 0) is 9.53 Å². The predicted octanol–water partition coefficient (Wildman–Crippen LogP) is 2.09. The minimum Gasteiger partial charge on any atom is -0.378 e. The first-order chi connectivity index (χ1) is 9.54. The standard InChI is InChI=1S/C16H30N2O2/c1-4-5-8-20-14-9-13(16(14,2)3)18-15(19)11-17-10-12-6-7-12/h12-14,17H,4-11H2,1-3H3,(H,18,19). The van der Waals surface area contributed by atoms with Crippen molar-refractivity contribution in [3.8, 4) is 0 Å². The van der Waals surface area contributed by atoms with E-state index in [2.05, 4.69) is 31.4 Å². The van der Waals surface area contributed by atoms with Crippen LogP contribution in [0, 0.1) is 11.3 Å². The van der Waals surface area contributed by atoms with Crippen LogP contribution in [-0.4, -0.2) is 37.7 Å². The first-order valence-electron chi connectivity index (χ1n) is 8.15. The van der Waals surface area contributed by atoms with E-state index in [9.17, 15) is 4.79 Å². The molecule has 0 radical (unpaired) electrons. The summed E-state index contributed by atoms with van der Waals surface area (Å²) in [6, 6.07) is 0.254. The maximum atomic E-state index is 11.9. The van der Waals surface area contributed by atoms with Crippen LogP contribution in [0.25, 0.3) is 0 Å². The fraction of sp³-hybridized carbons (Fsp3) is 0.938. The van der Waals surface area contributed by atoms with Crippen molar-refractivity contribution in [2.45, 2.75) is 65.0 Å². The molecule has 2 unspecified atom stereocenters. The lowest BCUT2D eigenvalue weighted by atomic mass is 9.64. The van der Waals surface area contributed by atoms with E-state index in [-0.39, 0.29) is 17.4 Å². The van der Waals surface area contributed by atoms with Crippen LogP contribution in [0.15, 0.2) is 0 Å². The Labute approximate surface area is 123 Å². The van der Waals surface area contributed by atoms with Gasteiger partial charge in [0.1, 0.15) is 0 Å². The molecule has 2 saturated carbocycles. The third-order valence-electron chi connectivity index (χ3n) is 4.75. The Morgan fingerprint density at radius 1 is 1.35 bits per heavy atom. The largest absolute Gasteiger partial charge is 0.378 e. The van der Waals surface area contributed by atoms with Crippen molar-refractivity contribution in [3.05, 3.63) is 0 Å². The first-order valence-corrected chi connectivity index (χ1v) is 8.15. The molecule has 0 aromatic carbocycles. The van der Waals surface area contributed by atoms with Crippen molar-refractivity contribution in [2.24, 2.45) is 11.3 Å². The van der Waals surface area contributed by atoms with Crippen LogP contribution < -0.4 is 10.6 Å². The third kappa shape index (κ3) is 4.19. The number of carbonyl (C=O) groups excluding carboxylic acids is 1. The maximum absolute atomic E-state index is 11.9. The van der Waals surface area contributed by atoms with E-state index < -0.39 is 0 Å². The molecule has 4 heteroatoms. The Bertz CT molecular complexity index is 326. The molecule has 1 amide bonds. The van der Waals surface area contributed by atoms with Gasteiger partial charge in [-0.25, -0.2) is 0 Å². The van der Waals surface area contributed by atoms with Crippen LogP contribution in [0.5, 0.6) is 0 Å². The van der Waals surface area contributed by atoms with Crippen LogP contribution in [0.1, 0.15) is 52.9 Å². The smallest absolute Gasteiger partial charge is 0.234 e. The van der Waals surface area contributed by atoms with E-state index in [1.807, 2.05) is 0 Å². The summed E-state index contributed by atoms with van der Waals surface area (Å²) < 4.78 is 5.90. The summed E-state index contributed by atoms with van der Waals surface area (Å²) in [5.74, 6) is 0.940. The quantitative estimate of drug-likeness (QED) is 0.637. The molecule has 2 aliphatic carbocycles. The second-order valence-electron chi connectivity index (χ2n) is 6.96. The van der Waals surface area contributed by atoms with Gasteiger partial charge in [-0.05, 0) is 38.1 Å². The molecule has 0 saturated heterocycles. The van der Waals surface area contributed by atoms with Crippen LogP contribution in [0.2, 0.25) is 0 Å². The molecule has 20 heavy (non-hydrogen) atoms. The number of hydrogen-bond acceptors (Lipinski definition) is 3. The number of hydrogen-bond donors (Lipinski definition) is 2. The first kappa shape index (κ1) is 15.8. The summed E-state index contributed by atoms with van der Waals surface area (Å²) in [5.41, 5.74) is 0.0555. The highest BCUT2D eigenvalue weighted by atomic mass is 16.5. The Kier molecular flexibility index (Phi) is 5.44. The van der Waals surface area contributed by atoms with Gasteiger partial charge in [-0.1, -0.05) is 27.2 Å². The second-order valence-corrected chi connectivity index (χ2v) is 6.96. The summed E-state index contributed by atoms with van der Waals surface area (Å²) in [5, 5.41) is 6.38. The maximum Gasteiger partial charge on any atom is 0.234 e. The van der Waals surface area contributed by atoms with Gasteiger partial charge >= 0.3 is 0 Å². The van der Waals surface area contributed by atoms with E-state index in [0.717, 1.165) is 31.9 Å². The van der Waals surface area contributed by atoms with Crippen molar-refractivity contribution in [1.29, 1.82) is 0 Å². The summed E-state index contributed by atoms with van der Waals surface area (Å²) >= 11 is 0.